The second-order valence-electron chi connectivity index (χ2n) is 13.1. The van der Waals surface area contributed by atoms with Crippen LogP contribution in [0.1, 0.15) is 53.5 Å². The van der Waals surface area contributed by atoms with Crippen LogP contribution in [0.2, 0.25) is 0 Å². The van der Waals surface area contributed by atoms with E-state index in [0.29, 0.717) is 25.1 Å². The molecule has 0 aliphatic rings. The van der Waals surface area contributed by atoms with Crippen molar-refractivity contribution >= 4 is 29.9 Å². The summed E-state index contributed by atoms with van der Waals surface area (Å²) in [6.07, 6.45) is -4.42. The van der Waals surface area contributed by atoms with Crippen molar-refractivity contribution in [1.82, 2.24) is 25.5 Å². The number of rotatable bonds is 12. The lowest BCUT2D eigenvalue weighted by atomic mass is 10.1. The number of hydrogen-bond acceptors (Lipinski definition) is 9. The van der Waals surface area contributed by atoms with Crippen LogP contribution in [-0.4, -0.2) is 63.7 Å². The van der Waals surface area contributed by atoms with Crippen LogP contribution in [0.3, 0.4) is 0 Å². The van der Waals surface area contributed by atoms with Crippen LogP contribution in [0, 0.1) is 0 Å². The van der Waals surface area contributed by atoms with Crippen LogP contribution in [0.5, 0.6) is 5.75 Å². The summed E-state index contributed by atoms with van der Waals surface area (Å²) in [6.45, 7) is 15.2. The molecule has 2 aromatic carbocycles. The number of carbonyl (C=O) groups is 3. The molecule has 0 saturated heterocycles. The minimum Gasteiger partial charge on any atom is -0.444 e. The van der Waals surface area contributed by atoms with Gasteiger partial charge >= 0.3 is 24.6 Å². The summed E-state index contributed by atoms with van der Waals surface area (Å²) < 4.78 is 52.8. The van der Waals surface area contributed by atoms with Gasteiger partial charge in [0.05, 0.1) is 11.3 Å². The number of urea groups is 1. The van der Waals surface area contributed by atoms with Crippen LogP contribution >= 0.6 is 0 Å². The molecule has 5 N–H and O–H groups in total. The van der Waals surface area contributed by atoms with Gasteiger partial charge in [0.2, 0.25) is 5.95 Å². The number of anilines is 2. The molecule has 0 atom stereocenters. The Labute approximate surface area is 292 Å². The summed E-state index contributed by atoms with van der Waals surface area (Å²) in [7, 11) is 0. The molecular formula is C34H42F3N7O7. The van der Waals surface area contributed by atoms with Gasteiger partial charge in [-0.3, -0.25) is 20.4 Å². The van der Waals surface area contributed by atoms with E-state index in [0.717, 1.165) is 11.6 Å². The average molecular weight is 718 g/mol. The number of hydrogen-bond donors (Lipinski definition) is 5. The highest BCUT2D eigenvalue weighted by atomic mass is 19.4. The Hall–Kier alpha value is -5.74. The largest absolute Gasteiger partial charge is 0.573 e. The lowest BCUT2D eigenvalue weighted by Gasteiger charge is -2.27. The Morgan fingerprint density at radius 2 is 1.57 bits per heavy atom. The molecule has 17 heteroatoms. The summed E-state index contributed by atoms with van der Waals surface area (Å²) in [5, 5.41) is 9.98. The number of nitrogens with one attached hydrogen (secondary N) is 5. The highest BCUT2D eigenvalue weighted by Crippen LogP contribution is 2.30. The molecule has 0 radical (unpaired) electrons. The Bertz CT molecular complexity index is 1750. The van der Waals surface area contributed by atoms with Crippen molar-refractivity contribution in [1.29, 1.82) is 0 Å². The van der Waals surface area contributed by atoms with Gasteiger partial charge in [0, 0.05) is 25.8 Å². The van der Waals surface area contributed by atoms with Gasteiger partial charge in [0.25, 0.3) is 5.56 Å². The molecule has 276 valence electrons. The first kappa shape index (κ1) is 39.7. The molecule has 0 spiro atoms. The maximum atomic E-state index is 13.0. The standard InChI is InChI=1S/C34H42F3N7O7/c1-21(40-30(47)50-32(2,3)4)38-17-10-18-44(31(48)51-33(5,6)7)20-22-13-15-23(16-14-22)24-19-39-28(42-27(24)45)43-29(46)41-25-11-8-9-12-26(25)49-34(35,36)37/h8-9,11-16,19,38H,1,10,17-18,20H2,2-7H3,(H,40,47)(H3,39,41,42,43,45,46). The molecule has 0 unspecified atom stereocenters. The molecule has 14 nitrogen and oxygen atoms in total. The first-order chi connectivity index (χ1) is 23.7. The Balaban J connectivity index is 1.62. The zero-order valence-corrected chi connectivity index (χ0v) is 29.1. The zero-order chi connectivity index (χ0) is 38.0. The van der Waals surface area contributed by atoms with E-state index < -0.39 is 47.1 Å². The Morgan fingerprint density at radius 1 is 0.922 bits per heavy atom. The van der Waals surface area contributed by atoms with E-state index in [-0.39, 0.29) is 29.6 Å². The predicted molar refractivity (Wildman–Crippen MR) is 184 cm³/mol. The molecule has 4 amide bonds. The van der Waals surface area contributed by atoms with Crippen LogP contribution in [0.4, 0.5) is 39.2 Å². The fourth-order valence-corrected chi connectivity index (χ4v) is 4.26. The second-order valence-corrected chi connectivity index (χ2v) is 13.1. The van der Waals surface area contributed by atoms with E-state index in [1.54, 1.807) is 65.8 Å². The Kier molecular flexibility index (Phi) is 13.1. The molecule has 1 aromatic heterocycles. The Morgan fingerprint density at radius 3 is 2.18 bits per heavy atom. The number of aromatic amines is 1. The number of para-hydroxylation sites is 2. The van der Waals surface area contributed by atoms with Gasteiger partial charge in [-0.05, 0) is 71.2 Å². The minimum absolute atomic E-state index is 0.173. The topological polar surface area (TPSA) is 176 Å². The normalized spacial score (nSPS) is 11.5. The van der Waals surface area contributed by atoms with Crippen LogP contribution in [0.15, 0.2) is 71.9 Å². The van der Waals surface area contributed by atoms with E-state index in [2.05, 4.69) is 42.6 Å². The molecule has 0 saturated carbocycles. The van der Waals surface area contributed by atoms with Gasteiger partial charge in [-0.2, -0.15) is 0 Å². The van der Waals surface area contributed by atoms with Crippen LogP contribution in [-0.2, 0) is 16.0 Å². The van der Waals surface area contributed by atoms with Gasteiger partial charge in [-0.1, -0.05) is 43.0 Å². The smallest absolute Gasteiger partial charge is 0.444 e. The highest BCUT2D eigenvalue weighted by molar-refractivity contribution is 5.99. The third-order valence-electron chi connectivity index (χ3n) is 6.28. The SMILES string of the molecule is C=C(NCCCN(Cc1ccc(-c2cnc(NC(=O)Nc3ccccc3OC(F)(F)F)[nH]c2=O)cc1)C(=O)OC(C)(C)C)NC(=O)OC(C)(C)C. The van der Waals surface area contributed by atoms with Gasteiger partial charge < -0.3 is 29.7 Å². The van der Waals surface area contributed by atoms with Crippen molar-refractivity contribution in [2.75, 3.05) is 23.7 Å². The third kappa shape index (κ3) is 14.3. The maximum Gasteiger partial charge on any atom is 0.573 e. The predicted octanol–water partition coefficient (Wildman–Crippen LogP) is 6.69. The lowest BCUT2D eigenvalue weighted by Crippen LogP contribution is -2.39. The third-order valence-corrected chi connectivity index (χ3v) is 6.28. The number of H-pyrrole nitrogens is 1. The number of aromatic nitrogens is 2. The number of benzene rings is 2. The first-order valence-electron chi connectivity index (χ1n) is 15.7. The van der Waals surface area contributed by atoms with Gasteiger partial charge in [0.15, 0.2) is 5.75 Å². The van der Waals surface area contributed by atoms with Crippen molar-refractivity contribution in [2.24, 2.45) is 0 Å². The number of amides is 4. The quantitative estimate of drug-likeness (QED) is 0.128. The van der Waals surface area contributed by atoms with Gasteiger partial charge in [0.1, 0.15) is 17.0 Å². The lowest BCUT2D eigenvalue weighted by molar-refractivity contribution is -0.274. The summed E-state index contributed by atoms with van der Waals surface area (Å²) >= 11 is 0. The molecular weight excluding hydrogens is 675 g/mol. The summed E-state index contributed by atoms with van der Waals surface area (Å²) in [4.78, 5) is 58.3. The summed E-state index contributed by atoms with van der Waals surface area (Å²) in [5.41, 5.74) is -0.846. The van der Waals surface area contributed by atoms with Crippen LogP contribution in [0.25, 0.3) is 11.1 Å². The van der Waals surface area contributed by atoms with Crippen molar-refractivity contribution < 1.29 is 41.8 Å². The van der Waals surface area contributed by atoms with Crippen molar-refractivity contribution in [3.8, 4) is 16.9 Å². The first-order valence-corrected chi connectivity index (χ1v) is 15.7. The van der Waals surface area contributed by atoms with Crippen molar-refractivity contribution in [3.63, 3.8) is 0 Å². The average Bonchev–Trinajstić information content (AvgIpc) is 2.97. The number of carbonyl (C=O) groups excluding carboxylic acids is 3. The van der Waals surface area contributed by atoms with E-state index in [1.807, 2.05) is 0 Å². The minimum atomic E-state index is -4.97. The fourth-order valence-electron chi connectivity index (χ4n) is 4.26. The molecule has 0 aliphatic carbocycles. The molecule has 0 aliphatic heterocycles. The second kappa shape index (κ2) is 16.8. The molecule has 3 aromatic rings. The monoisotopic (exact) mass is 717 g/mol. The number of halogens is 3. The van der Waals surface area contributed by atoms with E-state index in [9.17, 15) is 32.3 Å². The maximum absolute atomic E-state index is 13.0. The summed E-state index contributed by atoms with van der Waals surface area (Å²) in [5.74, 6) is -0.623. The van der Waals surface area contributed by atoms with Crippen LogP contribution < -0.4 is 31.6 Å². The number of alkyl carbamates (subject to hydrolysis) is 1. The van der Waals surface area contributed by atoms with E-state index in [4.69, 9.17) is 9.47 Å². The fraction of sp³-hybridized carbons (Fsp3) is 0.382. The summed E-state index contributed by atoms with van der Waals surface area (Å²) in [6, 6.07) is 10.8. The van der Waals surface area contributed by atoms with Crippen molar-refractivity contribution in [3.05, 3.63) is 83.0 Å². The molecule has 51 heavy (non-hydrogen) atoms. The molecule has 0 fully saturated rings. The van der Waals surface area contributed by atoms with Crippen molar-refractivity contribution in [2.45, 2.75) is 72.1 Å². The van der Waals surface area contributed by atoms with E-state index >= 15 is 0 Å². The molecule has 0 bridgehead atoms. The van der Waals surface area contributed by atoms with Gasteiger partial charge in [-0.25, -0.2) is 19.4 Å². The molecule has 3 rings (SSSR count). The van der Waals surface area contributed by atoms with Gasteiger partial charge in [-0.15, -0.1) is 13.2 Å². The number of nitrogens with zero attached hydrogens (tertiary/aromatic N) is 2. The van der Waals surface area contributed by atoms with E-state index in [1.165, 1.54) is 29.3 Å². The number of alkyl halides is 3. The molecule has 1 heterocycles. The highest BCUT2D eigenvalue weighted by Gasteiger charge is 2.32. The number of ether oxygens (including phenoxy) is 3. The zero-order valence-electron chi connectivity index (χ0n) is 29.1.